The standard InChI is InChI=1S/C12H5I6N/c13-7-1-5(2-8(14)11(7)17)19-6-3-9(15)12(18)10(16)4-6/h1-4,19H. The number of hydrogen-bond acceptors (Lipinski definition) is 1. The van der Waals surface area contributed by atoms with Crippen LogP contribution in [0.25, 0.3) is 0 Å². The quantitative estimate of drug-likeness (QED) is 0.252. The van der Waals surface area contributed by atoms with Gasteiger partial charge in [0.25, 0.3) is 0 Å². The van der Waals surface area contributed by atoms with E-state index in [1.54, 1.807) is 0 Å². The van der Waals surface area contributed by atoms with Gasteiger partial charge in [-0.2, -0.15) is 0 Å². The number of halogens is 6. The minimum Gasteiger partial charge on any atom is -0.355 e. The van der Waals surface area contributed by atoms with E-state index < -0.39 is 0 Å². The van der Waals surface area contributed by atoms with E-state index in [9.17, 15) is 0 Å². The lowest BCUT2D eigenvalue weighted by Crippen LogP contribution is -1.96. The molecule has 0 radical (unpaired) electrons. The molecule has 0 aliphatic rings. The molecule has 0 fully saturated rings. The molecule has 100 valence electrons. The number of nitrogens with one attached hydrogen (secondary N) is 1. The van der Waals surface area contributed by atoms with E-state index in [0.717, 1.165) is 11.4 Å². The van der Waals surface area contributed by atoms with Gasteiger partial charge < -0.3 is 5.32 Å². The lowest BCUT2D eigenvalue weighted by atomic mass is 10.3. The molecule has 7 heteroatoms. The van der Waals surface area contributed by atoms with Crippen LogP contribution in [0.5, 0.6) is 0 Å². The molecule has 0 heterocycles. The highest BCUT2D eigenvalue weighted by Crippen LogP contribution is 2.30. The van der Waals surface area contributed by atoms with Crippen molar-refractivity contribution in [3.8, 4) is 0 Å². The maximum Gasteiger partial charge on any atom is 0.0406 e. The SMILES string of the molecule is Ic1cc(Nc2cc(I)c(I)c(I)c2)cc(I)c1I. The van der Waals surface area contributed by atoms with Gasteiger partial charge in [-0.3, -0.25) is 0 Å². The molecule has 0 amide bonds. The molecule has 1 nitrogen and oxygen atoms in total. The molecule has 19 heavy (non-hydrogen) atoms. The van der Waals surface area contributed by atoms with E-state index in [1.165, 1.54) is 21.4 Å². The zero-order valence-electron chi connectivity index (χ0n) is 9.08. The van der Waals surface area contributed by atoms with Gasteiger partial charge in [0.05, 0.1) is 0 Å². The van der Waals surface area contributed by atoms with Gasteiger partial charge in [-0.1, -0.05) is 0 Å². The molecule has 0 aliphatic heterocycles. The summed E-state index contributed by atoms with van der Waals surface area (Å²) in [6.45, 7) is 0. The van der Waals surface area contributed by atoms with E-state index in [1.807, 2.05) is 0 Å². The molecule has 0 saturated heterocycles. The van der Waals surface area contributed by atoms with Crippen molar-refractivity contribution in [3.05, 3.63) is 45.7 Å². The van der Waals surface area contributed by atoms with Gasteiger partial charge in [-0.25, -0.2) is 0 Å². The fraction of sp³-hybridized carbons (Fsp3) is 0. The topological polar surface area (TPSA) is 12.0 Å². The number of rotatable bonds is 2. The molecule has 0 bridgehead atoms. The van der Waals surface area contributed by atoms with Gasteiger partial charge >= 0.3 is 0 Å². The van der Waals surface area contributed by atoms with Crippen LogP contribution in [-0.2, 0) is 0 Å². The van der Waals surface area contributed by atoms with Crippen molar-refractivity contribution in [2.24, 2.45) is 0 Å². The first kappa shape index (κ1) is 18.0. The van der Waals surface area contributed by atoms with Crippen LogP contribution >= 0.6 is 136 Å². The molecule has 0 saturated carbocycles. The maximum absolute atomic E-state index is 3.50. The predicted molar refractivity (Wildman–Crippen MR) is 132 cm³/mol. The van der Waals surface area contributed by atoms with Crippen LogP contribution in [0, 0.1) is 21.4 Å². The highest BCUT2D eigenvalue weighted by molar-refractivity contribution is 14.1. The zero-order chi connectivity index (χ0) is 14.2. The summed E-state index contributed by atoms with van der Waals surface area (Å²) in [5.41, 5.74) is 2.28. The Hall–Kier alpha value is 2.62. The van der Waals surface area contributed by atoms with Crippen molar-refractivity contribution in [1.82, 2.24) is 0 Å². The Labute approximate surface area is 194 Å². The Balaban J connectivity index is 2.36. The Bertz CT molecular complexity index is 539. The Morgan fingerprint density at radius 3 is 1.05 bits per heavy atom. The average Bonchev–Trinajstić information content (AvgIpc) is 2.33. The molecule has 1 N–H and O–H groups in total. The van der Waals surface area contributed by atoms with Gasteiger partial charge in [0.15, 0.2) is 0 Å². The molecular formula is C12H5I6N. The number of benzene rings is 2. The molecule has 0 aliphatic carbocycles. The molecule has 0 aromatic heterocycles. The van der Waals surface area contributed by atoms with Crippen LogP contribution in [-0.4, -0.2) is 0 Å². The first-order valence-corrected chi connectivity index (χ1v) is 11.4. The Morgan fingerprint density at radius 2 is 0.789 bits per heavy atom. The van der Waals surface area contributed by atoms with Crippen molar-refractivity contribution in [1.29, 1.82) is 0 Å². The zero-order valence-corrected chi connectivity index (χ0v) is 22.0. The van der Waals surface area contributed by atoms with Gasteiger partial charge in [-0.15, -0.1) is 0 Å². The fourth-order valence-corrected chi connectivity index (χ4v) is 5.58. The molecule has 2 aromatic carbocycles. The summed E-state index contributed by atoms with van der Waals surface area (Å²) in [5.74, 6) is 0. The lowest BCUT2D eigenvalue weighted by molar-refractivity contribution is 1.45. The number of anilines is 2. The van der Waals surface area contributed by atoms with Gasteiger partial charge in [0.2, 0.25) is 0 Å². The second-order valence-electron chi connectivity index (χ2n) is 3.63. The van der Waals surface area contributed by atoms with Crippen LogP contribution in [0.15, 0.2) is 24.3 Å². The summed E-state index contributed by atoms with van der Waals surface area (Å²) in [7, 11) is 0. The summed E-state index contributed by atoms with van der Waals surface area (Å²) in [5, 5.41) is 3.50. The fourth-order valence-electron chi connectivity index (χ4n) is 1.42. The average molecular weight is 925 g/mol. The second kappa shape index (κ2) is 7.94. The summed E-state index contributed by atoms with van der Waals surface area (Å²) >= 11 is 14.3. The van der Waals surface area contributed by atoms with Crippen molar-refractivity contribution < 1.29 is 0 Å². The van der Waals surface area contributed by atoms with Crippen LogP contribution in [0.1, 0.15) is 0 Å². The van der Waals surface area contributed by atoms with Crippen LogP contribution < -0.4 is 5.32 Å². The first-order valence-electron chi connectivity index (χ1n) is 4.94. The highest BCUT2D eigenvalue weighted by atomic mass is 127. The van der Waals surface area contributed by atoms with E-state index in [4.69, 9.17) is 0 Å². The van der Waals surface area contributed by atoms with Crippen LogP contribution in [0.2, 0.25) is 0 Å². The molecule has 2 aromatic rings. The first-order chi connectivity index (χ1) is 8.88. The lowest BCUT2D eigenvalue weighted by Gasteiger charge is -2.11. The third-order valence-electron chi connectivity index (χ3n) is 2.26. The van der Waals surface area contributed by atoms with E-state index in [-0.39, 0.29) is 0 Å². The van der Waals surface area contributed by atoms with Gasteiger partial charge in [-0.05, 0) is 160 Å². The monoisotopic (exact) mass is 924 g/mol. The summed E-state index contributed by atoms with van der Waals surface area (Å²) in [6, 6.07) is 8.73. The van der Waals surface area contributed by atoms with Crippen LogP contribution in [0.3, 0.4) is 0 Å². The van der Waals surface area contributed by atoms with E-state index in [2.05, 4.69) is 165 Å². The summed E-state index contributed by atoms with van der Waals surface area (Å²) in [4.78, 5) is 0. The Morgan fingerprint density at radius 1 is 0.526 bits per heavy atom. The predicted octanol–water partition coefficient (Wildman–Crippen LogP) is 7.06. The molecule has 0 unspecified atom stereocenters. The molecule has 0 atom stereocenters. The molecule has 2 rings (SSSR count). The minimum absolute atomic E-state index is 1.14. The molecular weight excluding hydrogens is 920 g/mol. The highest BCUT2D eigenvalue weighted by Gasteiger charge is 2.07. The second-order valence-corrected chi connectivity index (χ2v) is 10.4. The van der Waals surface area contributed by atoms with Crippen molar-refractivity contribution in [3.63, 3.8) is 0 Å². The summed E-state index contributed by atoms with van der Waals surface area (Å²) < 4.78 is 7.75. The van der Waals surface area contributed by atoms with E-state index in [0.29, 0.717) is 0 Å². The third-order valence-corrected chi connectivity index (χ3v) is 12.1. The van der Waals surface area contributed by atoms with Crippen molar-refractivity contribution in [2.45, 2.75) is 0 Å². The summed E-state index contributed by atoms with van der Waals surface area (Å²) in [6.07, 6.45) is 0. The van der Waals surface area contributed by atoms with Gasteiger partial charge in [0.1, 0.15) is 0 Å². The van der Waals surface area contributed by atoms with E-state index >= 15 is 0 Å². The largest absolute Gasteiger partial charge is 0.355 e. The minimum atomic E-state index is 1.14. The van der Waals surface area contributed by atoms with Crippen molar-refractivity contribution in [2.75, 3.05) is 5.32 Å². The van der Waals surface area contributed by atoms with Crippen molar-refractivity contribution >= 4 is 147 Å². The Kier molecular flexibility index (Phi) is 7.51. The van der Waals surface area contributed by atoms with Gasteiger partial charge in [0, 0.05) is 32.8 Å². The maximum atomic E-state index is 3.50. The smallest absolute Gasteiger partial charge is 0.0406 e. The number of hydrogen-bond donors (Lipinski definition) is 1. The van der Waals surface area contributed by atoms with Crippen LogP contribution in [0.4, 0.5) is 11.4 Å². The third kappa shape index (κ3) is 4.79. The molecule has 0 spiro atoms. The normalized spacial score (nSPS) is 10.6.